The van der Waals surface area contributed by atoms with Crippen molar-refractivity contribution in [1.82, 2.24) is 9.36 Å². The third kappa shape index (κ3) is 4.01. The van der Waals surface area contributed by atoms with Crippen LogP contribution in [0.5, 0.6) is 0 Å². The lowest BCUT2D eigenvalue weighted by Crippen LogP contribution is -2.35. The highest BCUT2D eigenvalue weighted by atomic mass is 35.5. The van der Waals surface area contributed by atoms with Gasteiger partial charge >= 0.3 is 0 Å². The Labute approximate surface area is 199 Å². The number of benzene rings is 1. The Hall–Kier alpha value is -2.81. The minimum atomic E-state index is -0.341. The summed E-state index contributed by atoms with van der Waals surface area (Å²) in [5, 5.41) is 2.81. The van der Waals surface area contributed by atoms with Crippen molar-refractivity contribution >= 4 is 57.5 Å². The van der Waals surface area contributed by atoms with Gasteiger partial charge in [-0.05, 0) is 49.1 Å². The van der Waals surface area contributed by atoms with Crippen molar-refractivity contribution in [3.05, 3.63) is 85.6 Å². The van der Waals surface area contributed by atoms with Crippen LogP contribution in [0, 0.1) is 13.8 Å². The average Bonchev–Trinajstić information content (AvgIpc) is 3.37. The molecule has 9 heteroatoms. The fourth-order valence-electron chi connectivity index (χ4n) is 3.40. The number of aryl methyl sites for hydroxylation is 1. The molecule has 0 bridgehead atoms. The lowest BCUT2D eigenvalue weighted by atomic mass is 10.2. The van der Waals surface area contributed by atoms with Gasteiger partial charge in [-0.3, -0.25) is 14.3 Å². The van der Waals surface area contributed by atoms with Gasteiger partial charge in [0.25, 0.3) is 11.5 Å². The Morgan fingerprint density at radius 3 is 2.56 bits per heavy atom. The fourth-order valence-corrected chi connectivity index (χ4v) is 5.17. The molecule has 0 saturated carbocycles. The summed E-state index contributed by atoms with van der Waals surface area (Å²) >= 11 is 8.79. The van der Waals surface area contributed by atoms with E-state index >= 15 is 0 Å². The van der Waals surface area contributed by atoms with E-state index in [1.807, 2.05) is 55.6 Å². The number of aliphatic imine (C=N–C) groups is 1. The second-order valence-corrected chi connectivity index (χ2v) is 9.67. The predicted octanol–water partition coefficient (Wildman–Crippen LogP) is 5.08. The van der Waals surface area contributed by atoms with Crippen LogP contribution in [0.3, 0.4) is 0 Å². The van der Waals surface area contributed by atoms with Crippen molar-refractivity contribution in [3.8, 4) is 5.69 Å². The van der Waals surface area contributed by atoms with E-state index in [-0.39, 0.29) is 22.9 Å². The number of carbonyl (C=O) groups is 1. The molecule has 1 aliphatic heterocycles. The molecule has 1 amide bonds. The van der Waals surface area contributed by atoms with Gasteiger partial charge in [0.1, 0.15) is 11.4 Å². The standard InChI is InChI=1S/C23H21ClN4O2S2/c1-14-10-11-31-19(14)12-18-21(29)27(23(25-18)32-13-15(2)24)20-16(3)26(4)28(22(20)30)17-8-6-5-7-9-17/h5-12H,2,13H2,1,3-4H3/b18-12-. The number of anilines is 1. The van der Waals surface area contributed by atoms with Crippen LogP contribution in [0.15, 0.2) is 68.9 Å². The summed E-state index contributed by atoms with van der Waals surface area (Å²) in [6, 6.07) is 11.3. The first-order chi connectivity index (χ1) is 15.3. The highest BCUT2D eigenvalue weighted by Gasteiger charge is 2.37. The molecule has 0 radical (unpaired) electrons. The van der Waals surface area contributed by atoms with Crippen LogP contribution in [0.1, 0.15) is 16.1 Å². The van der Waals surface area contributed by atoms with Crippen LogP contribution in [-0.4, -0.2) is 26.2 Å². The van der Waals surface area contributed by atoms with Gasteiger partial charge in [-0.2, -0.15) is 0 Å². The summed E-state index contributed by atoms with van der Waals surface area (Å²) in [5.74, 6) is 0.0281. The molecule has 3 heterocycles. The summed E-state index contributed by atoms with van der Waals surface area (Å²) in [4.78, 5) is 33.9. The second kappa shape index (κ2) is 8.97. The van der Waals surface area contributed by atoms with Crippen LogP contribution in [0.25, 0.3) is 11.8 Å². The number of thiophene rings is 1. The summed E-state index contributed by atoms with van der Waals surface area (Å²) in [5.41, 5.74) is 2.70. The number of para-hydroxylation sites is 1. The number of thioether (sulfide) groups is 1. The number of nitrogens with zero attached hydrogens (tertiary/aromatic N) is 4. The molecule has 0 aliphatic carbocycles. The van der Waals surface area contributed by atoms with Gasteiger partial charge in [0, 0.05) is 22.7 Å². The molecular formula is C23H21ClN4O2S2. The molecule has 1 aromatic carbocycles. The molecule has 6 nitrogen and oxygen atoms in total. The zero-order valence-electron chi connectivity index (χ0n) is 17.8. The highest BCUT2D eigenvalue weighted by Crippen LogP contribution is 2.32. The van der Waals surface area contributed by atoms with Crippen LogP contribution in [0.2, 0.25) is 0 Å². The molecule has 0 saturated heterocycles. The van der Waals surface area contributed by atoms with E-state index in [1.165, 1.54) is 28.0 Å². The van der Waals surface area contributed by atoms with Gasteiger partial charge in [0.05, 0.1) is 11.4 Å². The van der Waals surface area contributed by atoms with Gasteiger partial charge in [0.15, 0.2) is 5.17 Å². The fraction of sp³-hybridized carbons (Fsp3) is 0.174. The smallest absolute Gasteiger partial charge is 0.283 e. The third-order valence-electron chi connectivity index (χ3n) is 5.10. The quantitative estimate of drug-likeness (QED) is 0.474. The maximum atomic E-state index is 13.5. The van der Waals surface area contributed by atoms with Gasteiger partial charge in [-0.15, -0.1) is 11.3 Å². The Balaban J connectivity index is 1.85. The largest absolute Gasteiger partial charge is 0.296 e. The van der Waals surface area contributed by atoms with Crippen molar-refractivity contribution in [2.75, 3.05) is 10.7 Å². The number of rotatable bonds is 5. The number of aromatic nitrogens is 2. The van der Waals surface area contributed by atoms with Crippen LogP contribution < -0.4 is 10.5 Å². The van der Waals surface area contributed by atoms with Crippen molar-refractivity contribution < 1.29 is 4.79 Å². The molecular weight excluding hydrogens is 464 g/mol. The Morgan fingerprint density at radius 2 is 1.94 bits per heavy atom. The van der Waals surface area contributed by atoms with E-state index in [9.17, 15) is 9.59 Å². The van der Waals surface area contributed by atoms with Crippen LogP contribution in [0.4, 0.5) is 5.69 Å². The molecule has 3 aromatic rings. The molecule has 0 spiro atoms. The summed E-state index contributed by atoms with van der Waals surface area (Å²) in [6.07, 6.45) is 1.77. The van der Waals surface area contributed by atoms with E-state index in [0.29, 0.717) is 27.3 Å². The van der Waals surface area contributed by atoms with Crippen LogP contribution >= 0.6 is 34.7 Å². The van der Waals surface area contributed by atoms with Crippen molar-refractivity contribution in [3.63, 3.8) is 0 Å². The number of hydrogen-bond donors (Lipinski definition) is 0. The molecule has 1 aliphatic rings. The van der Waals surface area contributed by atoms with E-state index in [2.05, 4.69) is 11.6 Å². The van der Waals surface area contributed by atoms with Crippen molar-refractivity contribution in [2.45, 2.75) is 13.8 Å². The number of amidine groups is 1. The number of amides is 1. The molecule has 32 heavy (non-hydrogen) atoms. The Morgan fingerprint density at radius 1 is 1.22 bits per heavy atom. The Kier molecular flexibility index (Phi) is 6.28. The normalized spacial score (nSPS) is 15.0. The number of halogens is 1. The minimum Gasteiger partial charge on any atom is -0.283 e. The molecule has 2 aromatic heterocycles. The zero-order chi connectivity index (χ0) is 23.0. The Bertz CT molecular complexity index is 1330. The number of carbonyl (C=O) groups excluding carboxylic acids is 1. The first-order valence-corrected chi connectivity index (χ1v) is 12.0. The molecule has 0 atom stereocenters. The highest BCUT2D eigenvalue weighted by molar-refractivity contribution is 8.14. The lowest BCUT2D eigenvalue weighted by molar-refractivity contribution is -0.113. The first kappa shape index (κ1) is 22.4. The maximum absolute atomic E-state index is 13.5. The summed E-state index contributed by atoms with van der Waals surface area (Å²) in [6.45, 7) is 7.52. The molecule has 0 unspecified atom stereocenters. The number of hydrogen-bond acceptors (Lipinski definition) is 5. The van der Waals surface area contributed by atoms with E-state index in [0.717, 1.165) is 10.4 Å². The van der Waals surface area contributed by atoms with Crippen molar-refractivity contribution in [1.29, 1.82) is 0 Å². The summed E-state index contributed by atoms with van der Waals surface area (Å²) < 4.78 is 3.29. The lowest BCUT2D eigenvalue weighted by Gasteiger charge is -2.16. The van der Waals surface area contributed by atoms with Gasteiger partial charge in [0.2, 0.25) is 0 Å². The molecule has 4 rings (SSSR count). The predicted molar refractivity (Wildman–Crippen MR) is 135 cm³/mol. The van der Waals surface area contributed by atoms with Crippen LogP contribution in [-0.2, 0) is 11.8 Å². The van der Waals surface area contributed by atoms with Gasteiger partial charge < -0.3 is 0 Å². The monoisotopic (exact) mass is 484 g/mol. The van der Waals surface area contributed by atoms with Gasteiger partial charge in [-0.25, -0.2) is 14.6 Å². The first-order valence-electron chi connectivity index (χ1n) is 9.78. The van der Waals surface area contributed by atoms with Gasteiger partial charge in [-0.1, -0.05) is 48.1 Å². The van der Waals surface area contributed by atoms with E-state index in [1.54, 1.807) is 22.5 Å². The maximum Gasteiger partial charge on any atom is 0.296 e. The molecule has 0 N–H and O–H groups in total. The van der Waals surface area contributed by atoms with E-state index in [4.69, 9.17) is 11.6 Å². The van der Waals surface area contributed by atoms with Crippen molar-refractivity contribution in [2.24, 2.45) is 12.0 Å². The zero-order valence-corrected chi connectivity index (χ0v) is 20.2. The molecule has 0 fully saturated rings. The second-order valence-electron chi connectivity index (χ2n) is 7.25. The molecule has 164 valence electrons. The summed E-state index contributed by atoms with van der Waals surface area (Å²) in [7, 11) is 1.80. The third-order valence-corrected chi connectivity index (χ3v) is 7.39. The van der Waals surface area contributed by atoms with E-state index < -0.39 is 0 Å². The minimum absolute atomic E-state index is 0.277. The topological polar surface area (TPSA) is 59.6 Å². The SMILES string of the molecule is C=C(Cl)CSC1=N/C(=C\c2sccc2C)C(=O)N1c1c(C)n(C)n(-c2ccccc2)c1=O. The average molecular weight is 485 g/mol.